The predicted molar refractivity (Wildman–Crippen MR) is 57.1 cm³/mol. The van der Waals surface area contributed by atoms with Crippen LogP contribution in [0, 0.1) is 0 Å². The van der Waals surface area contributed by atoms with Crippen LogP contribution in [0.4, 0.5) is 10.5 Å². The van der Waals surface area contributed by atoms with Crippen LogP contribution in [0.1, 0.15) is 6.92 Å². The van der Waals surface area contributed by atoms with Crippen molar-refractivity contribution in [1.82, 2.24) is 0 Å². The molecule has 0 aliphatic rings. The van der Waals surface area contributed by atoms with Crippen LogP contribution in [0.2, 0.25) is 0 Å². The maximum Gasteiger partial charge on any atom is 2.00 e. The van der Waals surface area contributed by atoms with Gasteiger partial charge in [-0.25, -0.2) is 4.79 Å². The summed E-state index contributed by atoms with van der Waals surface area (Å²) in [6.45, 7) is 1.98. The first kappa shape index (κ1) is 17.7. The molecule has 0 aliphatic heterocycles. The number of hydrogen-bond acceptors (Lipinski definition) is 4. The molecular formula is C9H10BrMgN3O2. The molecule has 0 aliphatic carbocycles. The number of amides is 1. The molecule has 0 bridgehead atoms. The maximum absolute atomic E-state index is 10.7. The number of carbonyl (C=O) groups excluding carboxylic acids is 1. The zero-order chi connectivity index (χ0) is 10.2. The summed E-state index contributed by atoms with van der Waals surface area (Å²) in [5.74, 6) is 0. The van der Waals surface area contributed by atoms with E-state index in [2.05, 4.69) is 20.5 Å². The Balaban J connectivity index is 0. The van der Waals surface area contributed by atoms with Crippen LogP contribution in [-0.2, 0) is 4.74 Å². The molecule has 1 aromatic carbocycles. The van der Waals surface area contributed by atoms with E-state index in [0.29, 0.717) is 5.69 Å². The zero-order valence-electron chi connectivity index (χ0n) is 8.84. The first-order chi connectivity index (χ1) is 6.83. The van der Waals surface area contributed by atoms with Crippen LogP contribution in [0.5, 0.6) is 0 Å². The largest absolute Gasteiger partial charge is 2.00 e. The standard InChI is InChI=1S/C9H11N3O2.BrH.Mg/c1-2-14-9(13)11-12-10-8-6-4-3-5-7-8;;/h3-7H,2H2,1H3,(H,10,11,13);1H;/q;;+2/p-2. The maximum atomic E-state index is 10.7. The molecule has 1 rings (SSSR count). The van der Waals surface area contributed by atoms with Crippen molar-refractivity contribution in [2.75, 3.05) is 6.61 Å². The molecule has 82 valence electrons. The minimum Gasteiger partial charge on any atom is -1.00 e. The molecule has 0 saturated heterocycles. The van der Waals surface area contributed by atoms with Crippen molar-refractivity contribution in [2.45, 2.75) is 6.92 Å². The normalized spacial score (nSPS) is 8.81. The second kappa shape index (κ2) is 10.8. The quantitative estimate of drug-likeness (QED) is 0.442. The third kappa shape index (κ3) is 7.60. The van der Waals surface area contributed by atoms with E-state index < -0.39 is 6.09 Å². The van der Waals surface area contributed by atoms with Gasteiger partial charge in [-0.1, -0.05) is 30.3 Å². The third-order valence-corrected chi connectivity index (χ3v) is 1.31. The van der Waals surface area contributed by atoms with Gasteiger partial charge in [0.15, 0.2) is 0 Å². The Kier molecular flexibility index (Phi) is 12.0. The number of halogens is 1. The fourth-order valence-electron chi connectivity index (χ4n) is 0.758. The first-order valence-electron chi connectivity index (χ1n) is 4.16. The molecule has 0 atom stereocenters. The fourth-order valence-corrected chi connectivity index (χ4v) is 0.758. The van der Waals surface area contributed by atoms with Gasteiger partial charge in [0.25, 0.3) is 0 Å². The van der Waals surface area contributed by atoms with Crippen LogP contribution in [-0.4, -0.2) is 35.8 Å². The summed E-state index contributed by atoms with van der Waals surface area (Å²) in [6.07, 6.45) is -0.729. The topological polar surface area (TPSA) is 65.1 Å². The first-order valence-corrected chi connectivity index (χ1v) is 4.16. The van der Waals surface area contributed by atoms with Crippen molar-refractivity contribution in [2.24, 2.45) is 10.3 Å². The predicted octanol–water partition coefficient (Wildman–Crippen LogP) is -0.161. The van der Waals surface area contributed by atoms with Crippen LogP contribution >= 0.6 is 0 Å². The van der Waals surface area contributed by atoms with Gasteiger partial charge in [-0.3, -0.25) is 10.6 Å². The van der Waals surface area contributed by atoms with Crippen LogP contribution in [0.25, 0.3) is 5.43 Å². The van der Waals surface area contributed by atoms with Gasteiger partial charge in [0.2, 0.25) is 0 Å². The fraction of sp³-hybridized carbons (Fsp3) is 0.222. The molecule has 5 nitrogen and oxygen atoms in total. The molecule has 0 spiro atoms. The summed E-state index contributed by atoms with van der Waals surface area (Å²) in [7, 11) is 0. The van der Waals surface area contributed by atoms with Gasteiger partial charge >= 0.3 is 29.1 Å². The molecular weight excluding hydrogens is 286 g/mol. The second-order valence-electron chi connectivity index (χ2n) is 2.32. The number of rotatable bonds is 3. The van der Waals surface area contributed by atoms with Crippen molar-refractivity contribution in [1.29, 1.82) is 0 Å². The van der Waals surface area contributed by atoms with E-state index in [0.717, 1.165) is 0 Å². The molecule has 0 fully saturated rings. The van der Waals surface area contributed by atoms with Crippen molar-refractivity contribution < 1.29 is 26.5 Å². The van der Waals surface area contributed by atoms with Crippen LogP contribution in [0.3, 0.4) is 0 Å². The average Bonchev–Trinajstić information content (AvgIpc) is 2.20. The second-order valence-corrected chi connectivity index (χ2v) is 2.32. The Morgan fingerprint density at radius 3 is 2.56 bits per heavy atom. The van der Waals surface area contributed by atoms with E-state index in [4.69, 9.17) is 0 Å². The Morgan fingerprint density at radius 2 is 2.00 bits per heavy atom. The van der Waals surface area contributed by atoms with Gasteiger partial charge in [-0.15, -0.1) is 0 Å². The molecule has 7 heteroatoms. The summed E-state index contributed by atoms with van der Waals surface area (Å²) >= 11 is 0. The Hall–Kier alpha value is -0.664. The van der Waals surface area contributed by atoms with Gasteiger partial charge in [0.1, 0.15) is 0 Å². The molecule has 16 heavy (non-hydrogen) atoms. The SMILES string of the molecule is CCOC(=O)[N-]N=Nc1ccccc1.[Br-].[Mg+2]. The Labute approximate surface area is 121 Å². The molecule has 1 aromatic rings. The number of nitrogens with zero attached hydrogens (tertiary/aromatic N) is 3. The van der Waals surface area contributed by atoms with Gasteiger partial charge in [-0.05, 0) is 12.6 Å². The summed E-state index contributed by atoms with van der Waals surface area (Å²) in [6, 6.07) is 9.01. The summed E-state index contributed by atoms with van der Waals surface area (Å²) in [5, 5.41) is 7.02. The van der Waals surface area contributed by atoms with E-state index >= 15 is 0 Å². The Morgan fingerprint density at radius 1 is 1.38 bits per heavy atom. The van der Waals surface area contributed by atoms with E-state index in [1.165, 1.54) is 0 Å². The van der Waals surface area contributed by atoms with Gasteiger partial charge in [0.05, 0.1) is 6.61 Å². The molecule has 0 N–H and O–H groups in total. The Bertz CT molecular complexity index is 322. The number of carbonyl (C=O) groups is 1. The van der Waals surface area contributed by atoms with Gasteiger partial charge in [0, 0.05) is 0 Å². The molecule has 0 unspecified atom stereocenters. The summed E-state index contributed by atoms with van der Waals surface area (Å²) < 4.78 is 4.52. The van der Waals surface area contributed by atoms with Crippen molar-refractivity contribution >= 4 is 34.8 Å². The van der Waals surface area contributed by atoms with E-state index in [9.17, 15) is 4.79 Å². The van der Waals surface area contributed by atoms with Crippen LogP contribution < -0.4 is 17.0 Å². The van der Waals surface area contributed by atoms with Crippen molar-refractivity contribution in [3.8, 4) is 0 Å². The number of benzene rings is 1. The monoisotopic (exact) mass is 295 g/mol. The zero-order valence-corrected chi connectivity index (χ0v) is 11.8. The van der Waals surface area contributed by atoms with Crippen LogP contribution in [0.15, 0.2) is 40.7 Å². The number of ether oxygens (including phenoxy) is 1. The minimum absolute atomic E-state index is 0. The molecule has 0 heterocycles. The number of hydrogen-bond donors (Lipinski definition) is 0. The minimum atomic E-state index is -0.729. The van der Waals surface area contributed by atoms with E-state index in [1.807, 2.05) is 18.2 Å². The molecule has 1 amide bonds. The van der Waals surface area contributed by atoms with Crippen molar-refractivity contribution in [3.05, 3.63) is 35.8 Å². The van der Waals surface area contributed by atoms with E-state index in [1.54, 1.807) is 19.1 Å². The van der Waals surface area contributed by atoms with Gasteiger partial charge in [-0.2, -0.15) is 0 Å². The summed E-state index contributed by atoms with van der Waals surface area (Å²) in [4.78, 5) is 10.7. The average molecular weight is 296 g/mol. The smallest absolute Gasteiger partial charge is 1.00 e. The molecule has 0 radical (unpaired) electrons. The van der Waals surface area contributed by atoms with Crippen molar-refractivity contribution in [3.63, 3.8) is 0 Å². The third-order valence-electron chi connectivity index (χ3n) is 1.31. The van der Waals surface area contributed by atoms with E-state index in [-0.39, 0.29) is 46.6 Å². The molecule has 0 saturated carbocycles. The summed E-state index contributed by atoms with van der Waals surface area (Å²) in [5.41, 5.74) is 3.85. The molecule has 0 aromatic heterocycles. The van der Waals surface area contributed by atoms with Gasteiger partial charge < -0.3 is 26.8 Å².